The molecule has 0 saturated heterocycles. The van der Waals surface area contributed by atoms with E-state index >= 15 is 0 Å². The van der Waals surface area contributed by atoms with Gasteiger partial charge in [0, 0.05) is 5.02 Å². The number of nitrogens with one attached hydrogen (secondary N) is 1. The molecule has 0 heterocycles. The molecule has 6 heteroatoms. The summed E-state index contributed by atoms with van der Waals surface area (Å²) in [4.78, 5) is 11.8. The van der Waals surface area contributed by atoms with Gasteiger partial charge in [0.25, 0.3) is 0 Å². The van der Waals surface area contributed by atoms with Gasteiger partial charge in [0.2, 0.25) is 5.91 Å². The van der Waals surface area contributed by atoms with Crippen molar-refractivity contribution in [2.75, 3.05) is 0 Å². The van der Waals surface area contributed by atoms with Gasteiger partial charge in [-0.3, -0.25) is 4.79 Å². The number of carbonyl (C=O) groups is 1. The lowest BCUT2D eigenvalue weighted by molar-refractivity contribution is -0.123. The van der Waals surface area contributed by atoms with Gasteiger partial charge in [0.1, 0.15) is 0 Å². The first kappa shape index (κ1) is 14.3. The van der Waals surface area contributed by atoms with Crippen LogP contribution in [0.25, 0.3) is 0 Å². The van der Waals surface area contributed by atoms with Crippen LogP contribution in [0.2, 0.25) is 5.02 Å². The molecule has 2 unspecified atom stereocenters. The molecule has 1 amide bonds. The Morgan fingerprint density at radius 1 is 1.39 bits per heavy atom. The molecule has 0 aliphatic carbocycles. The maximum atomic E-state index is 11.8. The zero-order valence-corrected chi connectivity index (χ0v) is 11.0. The molecule has 0 spiro atoms. The van der Waals surface area contributed by atoms with Crippen molar-refractivity contribution < 1.29 is 10.0 Å². The van der Waals surface area contributed by atoms with Crippen molar-refractivity contribution in [2.24, 2.45) is 16.8 Å². The predicted octanol–water partition coefficient (Wildman–Crippen LogP) is 1.90. The van der Waals surface area contributed by atoms with E-state index in [0.717, 1.165) is 5.56 Å². The molecule has 5 nitrogen and oxygen atoms in total. The fraction of sp³-hybridized carbons (Fsp3) is 0.333. The van der Waals surface area contributed by atoms with Crippen molar-refractivity contribution in [3.05, 3.63) is 34.9 Å². The third-order valence-electron chi connectivity index (χ3n) is 2.68. The van der Waals surface area contributed by atoms with Crippen LogP contribution in [0.1, 0.15) is 25.5 Å². The number of hydrogen-bond donors (Lipinski definition) is 3. The molecule has 18 heavy (non-hydrogen) atoms. The lowest BCUT2D eigenvalue weighted by atomic mass is 10.1. The van der Waals surface area contributed by atoms with E-state index in [2.05, 4.69) is 10.5 Å². The number of nitrogens with two attached hydrogens (primary N) is 1. The van der Waals surface area contributed by atoms with Crippen molar-refractivity contribution in [1.29, 1.82) is 0 Å². The number of amidine groups is 1. The van der Waals surface area contributed by atoms with Crippen LogP contribution in [-0.2, 0) is 4.79 Å². The van der Waals surface area contributed by atoms with Crippen molar-refractivity contribution in [3.63, 3.8) is 0 Å². The van der Waals surface area contributed by atoms with E-state index in [0.29, 0.717) is 5.02 Å². The van der Waals surface area contributed by atoms with Crippen LogP contribution in [0.3, 0.4) is 0 Å². The SMILES string of the molecule is CC(C(=O)NC(C)c1ccc(Cl)cc1)C(N)=NO. The van der Waals surface area contributed by atoms with Gasteiger partial charge in [-0.2, -0.15) is 0 Å². The largest absolute Gasteiger partial charge is 0.409 e. The molecule has 0 aromatic heterocycles. The lowest BCUT2D eigenvalue weighted by Crippen LogP contribution is -2.38. The molecule has 0 fully saturated rings. The van der Waals surface area contributed by atoms with Gasteiger partial charge < -0.3 is 16.3 Å². The normalized spacial score (nSPS) is 14.9. The highest BCUT2D eigenvalue weighted by atomic mass is 35.5. The standard InChI is InChI=1S/C12H16ClN3O2/c1-7(11(14)16-18)12(17)15-8(2)9-3-5-10(13)6-4-9/h3-8,18H,1-2H3,(H2,14,16)(H,15,17). The second-order valence-corrected chi connectivity index (χ2v) is 4.46. The Bertz CT molecular complexity index is 445. The number of hydrogen-bond acceptors (Lipinski definition) is 3. The molecule has 0 radical (unpaired) electrons. The van der Waals surface area contributed by atoms with E-state index in [1.54, 1.807) is 19.1 Å². The number of carbonyl (C=O) groups excluding carboxylic acids is 1. The molecule has 0 aliphatic rings. The first-order valence-corrected chi connectivity index (χ1v) is 5.86. The van der Waals surface area contributed by atoms with Crippen molar-refractivity contribution in [2.45, 2.75) is 19.9 Å². The number of amides is 1. The summed E-state index contributed by atoms with van der Waals surface area (Å²) in [5.74, 6) is -1.09. The third kappa shape index (κ3) is 3.63. The van der Waals surface area contributed by atoms with Gasteiger partial charge in [-0.1, -0.05) is 28.9 Å². The number of oxime groups is 1. The minimum atomic E-state index is -0.676. The molecule has 4 N–H and O–H groups in total. The zero-order chi connectivity index (χ0) is 13.7. The van der Waals surface area contributed by atoms with Crippen LogP contribution < -0.4 is 11.1 Å². The summed E-state index contributed by atoms with van der Waals surface area (Å²) in [6.07, 6.45) is 0. The van der Waals surface area contributed by atoms with Crippen LogP contribution in [0.5, 0.6) is 0 Å². The molecule has 0 aliphatic heterocycles. The third-order valence-corrected chi connectivity index (χ3v) is 2.93. The van der Waals surface area contributed by atoms with Gasteiger partial charge in [-0.05, 0) is 31.5 Å². The van der Waals surface area contributed by atoms with Crippen LogP contribution in [0, 0.1) is 5.92 Å². The predicted molar refractivity (Wildman–Crippen MR) is 70.6 cm³/mol. The second-order valence-electron chi connectivity index (χ2n) is 4.03. The monoisotopic (exact) mass is 269 g/mol. The summed E-state index contributed by atoms with van der Waals surface area (Å²) in [7, 11) is 0. The number of benzene rings is 1. The van der Waals surface area contributed by atoms with E-state index < -0.39 is 5.92 Å². The van der Waals surface area contributed by atoms with E-state index in [1.807, 2.05) is 19.1 Å². The van der Waals surface area contributed by atoms with E-state index in [9.17, 15) is 4.79 Å². The smallest absolute Gasteiger partial charge is 0.231 e. The first-order chi connectivity index (χ1) is 8.45. The molecule has 1 aromatic rings. The lowest BCUT2D eigenvalue weighted by Gasteiger charge is -2.17. The summed E-state index contributed by atoms with van der Waals surface area (Å²) in [5.41, 5.74) is 6.30. The number of halogens is 1. The van der Waals surface area contributed by atoms with Crippen LogP contribution in [0.15, 0.2) is 29.4 Å². The van der Waals surface area contributed by atoms with Gasteiger partial charge >= 0.3 is 0 Å². The Kier molecular flexibility index (Phi) is 4.97. The topological polar surface area (TPSA) is 87.7 Å². The Balaban J connectivity index is 2.67. The Morgan fingerprint density at radius 2 is 1.94 bits per heavy atom. The summed E-state index contributed by atoms with van der Waals surface area (Å²) < 4.78 is 0. The highest BCUT2D eigenvalue weighted by molar-refractivity contribution is 6.30. The van der Waals surface area contributed by atoms with Gasteiger partial charge in [-0.15, -0.1) is 0 Å². The number of nitrogens with zero attached hydrogens (tertiary/aromatic N) is 1. The minimum Gasteiger partial charge on any atom is -0.409 e. The molecule has 0 saturated carbocycles. The molecular formula is C12H16ClN3O2. The van der Waals surface area contributed by atoms with Crippen molar-refractivity contribution >= 4 is 23.3 Å². The Morgan fingerprint density at radius 3 is 2.44 bits per heavy atom. The Hall–Kier alpha value is -1.75. The van der Waals surface area contributed by atoms with Crippen LogP contribution in [0.4, 0.5) is 0 Å². The fourth-order valence-electron chi connectivity index (χ4n) is 1.39. The highest BCUT2D eigenvalue weighted by Crippen LogP contribution is 2.16. The molecule has 1 aromatic carbocycles. The average Bonchev–Trinajstić information content (AvgIpc) is 2.37. The van der Waals surface area contributed by atoms with Gasteiger partial charge in [0.15, 0.2) is 5.84 Å². The van der Waals surface area contributed by atoms with Gasteiger partial charge in [-0.25, -0.2) is 0 Å². The summed E-state index contributed by atoms with van der Waals surface area (Å²) in [5, 5.41) is 14.7. The van der Waals surface area contributed by atoms with E-state index in [4.69, 9.17) is 22.5 Å². The molecule has 1 rings (SSSR count). The minimum absolute atomic E-state index is 0.115. The van der Waals surface area contributed by atoms with Gasteiger partial charge in [0.05, 0.1) is 12.0 Å². The van der Waals surface area contributed by atoms with Crippen molar-refractivity contribution in [3.8, 4) is 0 Å². The maximum Gasteiger partial charge on any atom is 0.231 e. The molecule has 0 bridgehead atoms. The fourth-order valence-corrected chi connectivity index (χ4v) is 1.52. The Labute approximate surface area is 111 Å². The second kappa shape index (κ2) is 6.26. The highest BCUT2D eigenvalue weighted by Gasteiger charge is 2.19. The summed E-state index contributed by atoms with van der Waals surface area (Å²) >= 11 is 5.79. The summed E-state index contributed by atoms with van der Waals surface area (Å²) in [6.45, 7) is 3.42. The average molecular weight is 270 g/mol. The molecule has 98 valence electrons. The maximum absolute atomic E-state index is 11.8. The molecule has 2 atom stereocenters. The number of rotatable bonds is 4. The van der Waals surface area contributed by atoms with E-state index in [-0.39, 0.29) is 17.8 Å². The molecular weight excluding hydrogens is 254 g/mol. The zero-order valence-electron chi connectivity index (χ0n) is 10.2. The van der Waals surface area contributed by atoms with E-state index in [1.165, 1.54) is 0 Å². The summed E-state index contributed by atoms with van der Waals surface area (Å²) in [6, 6.07) is 7.01. The van der Waals surface area contributed by atoms with Crippen molar-refractivity contribution in [1.82, 2.24) is 5.32 Å². The quantitative estimate of drug-likeness (QED) is 0.338. The first-order valence-electron chi connectivity index (χ1n) is 5.49. The van der Waals surface area contributed by atoms with Crippen LogP contribution in [-0.4, -0.2) is 17.0 Å². The van der Waals surface area contributed by atoms with Crippen LogP contribution >= 0.6 is 11.6 Å².